The quantitative estimate of drug-likeness (QED) is 0.770. The highest BCUT2D eigenvalue weighted by Gasteiger charge is 2.31. The van der Waals surface area contributed by atoms with Crippen LogP contribution in [0.5, 0.6) is 11.5 Å². The summed E-state index contributed by atoms with van der Waals surface area (Å²) in [5.74, 6) is 0.709. The van der Waals surface area contributed by atoms with E-state index in [-0.39, 0.29) is 18.6 Å². The largest absolute Gasteiger partial charge is 0.493 e. The molecule has 16 heavy (non-hydrogen) atoms. The summed E-state index contributed by atoms with van der Waals surface area (Å²) in [4.78, 5) is 11.5. The van der Waals surface area contributed by atoms with Gasteiger partial charge in [-0.2, -0.15) is 0 Å². The molecule has 0 amide bonds. The molecule has 1 aromatic rings. The lowest BCUT2D eigenvalue weighted by molar-refractivity contribution is 0.0402. The number of hydrogen-bond acceptors (Lipinski definition) is 5. The third-order valence-electron chi connectivity index (χ3n) is 2.59. The summed E-state index contributed by atoms with van der Waals surface area (Å²) in [6.45, 7) is 0.258. The Bertz CT molecular complexity index is 430. The first-order valence-corrected chi connectivity index (χ1v) is 4.88. The van der Waals surface area contributed by atoms with Crippen LogP contribution in [0.4, 0.5) is 0 Å². The Labute approximate surface area is 93.1 Å². The topological polar surface area (TPSA) is 70.8 Å². The van der Waals surface area contributed by atoms with Crippen LogP contribution in [0.2, 0.25) is 0 Å². The molecule has 1 atom stereocenters. The Morgan fingerprint density at radius 2 is 1.94 bits per heavy atom. The molecule has 0 saturated heterocycles. The first-order chi connectivity index (χ1) is 7.71. The highest BCUT2D eigenvalue weighted by Crippen LogP contribution is 2.38. The fourth-order valence-corrected chi connectivity index (χ4v) is 1.77. The van der Waals surface area contributed by atoms with Crippen molar-refractivity contribution < 1.29 is 19.0 Å². The number of ether oxygens (including phenoxy) is 3. The predicted octanol–water partition coefficient (Wildman–Crippen LogP) is 0.874. The lowest BCUT2D eigenvalue weighted by atomic mass is 10.0. The van der Waals surface area contributed by atoms with Crippen molar-refractivity contribution in [2.75, 3.05) is 20.8 Å². The van der Waals surface area contributed by atoms with E-state index in [1.807, 2.05) is 0 Å². The van der Waals surface area contributed by atoms with Crippen LogP contribution in [0.1, 0.15) is 22.0 Å². The van der Waals surface area contributed by atoms with Crippen LogP contribution >= 0.6 is 0 Å². The zero-order chi connectivity index (χ0) is 11.7. The summed E-state index contributed by atoms with van der Waals surface area (Å²) in [5.41, 5.74) is 6.77. The molecule has 0 radical (unpaired) electrons. The lowest BCUT2D eigenvalue weighted by Crippen LogP contribution is -2.11. The van der Waals surface area contributed by atoms with Gasteiger partial charge in [-0.25, -0.2) is 4.79 Å². The number of cyclic esters (lactones) is 1. The van der Waals surface area contributed by atoms with E-state index < -0.39 is 0 Å². The minimum absolute atomic E-state index is 0.258. The number of benzene rings is 1. The van der Waals surface area contributed by atoms with Gasteiger partial charge in [0.25, 0.3) is 0 Å². The van der Waals surface area contributed by atoms with Gasteiger partial charge >= 0.3 is 5.97 Å². The molecule has 1 unspecified atom stereocenters. The molecule has 0 aromatic heterocycles. The van der Waals surface area contributed by atoms with Crippen LogP contribution < -0.4 is 15.2 Å². The van der Waals surface area contributed by atoms with E-state index in [4.69, 9.17) is 19.9 Å². The maximum atomic E-state index is 11.5. The van der Waals surface area contributed by atoms with Gasteiger partial charge in [0.2, 0.25) is 0 Å². The summed E-state index contributed by atoms with van der Waals surface area (Å²) in [6.07, 6.45) is -0.387. The van der Waals surface area contributed by atoms with E-state index in [2.05, 4.69) is 0 Å². The van der Waals surface area contributed by atoms with Crippen LogP contribution in [0.25, 0.3) is 0 Å². The first-order valence-electron chi connectivity index (χ1n) is 4.88. The summed E-state index contributed by atoms with van der Waals surface area (Å²) >= 11 is 0. The molecule has 0 fully saturated rings. The molecule has 1 aliphatic rings. The SMILES string of the molecule is COc1cc2c(cc1OC)C(CN)OC2=O. The van der Waals surface area contributed by atoms with Crippen LogP contribution in [-0.2, 0) is 4.74 Å². The Balaban J connectivity index is 2.54. The molecular formula is C11H13NO4. The van der Waals surface area contributed by atoms with Crippen LogP contribution in [0.3, 0.4) is 0 Å². The van der Waals surface area contributed by atoms with Crippen molar-refractivity contribution in [2.24, 2.45) is 5.73 Å². The number of rotatable bonds is 3. The second-order valence-corrected chi connectivity index (χ2v) is 3.42. The predicted molar refractivity (Wildman–Crippen MR) is 56.8 cm³/mol. The maximum absolute atomic E-state index is 11.5. The summed E-state index contributed by atoms with van der Waals surface area (Å²) in [7, 11) is 3.06. The summed E-state index contributed by atoms with van der Waals surface area (Å²) in [6, 6.07) is 3.35. The molecule has 0 spiro atoms. The van der Waals surface area contributed by atoms with E-state index in [0.717, 1.165) is 5.56 Å². The van der Waals surface area contributed by atoms with E-state index in [9.17, 15) is 4.79 Å². The van der Waals surface area contributed by atoms with Crippen LogP contribution in [0.15, 0.2) is 12.1 Å². The third kappa shape index (κ3) is 1.49. The highest BCUT2D eigenvalue weighted by molar-refractivity contribution is 5.95. The average Bonchev–Trinajstić information content (AvgIpc) is 2.63. The summed E-state index contributed by atoms with van der Waals surface area (Å²) < 4.78 is 15.4. The molecular weight excluding hydrogens is 210 g/mol. The molecule has 2 N–H and O–H groups in total. The zero-order valence-corrected chi connectivity index (χ0v) is 9.15. The minimum atomic E-state index is -0.387. The van der Waals surface area contributed by atoms with Crippen molar-refractivity contribution in [3.63, 3.8) is 0 Å². The number of esters is 1. The minimum Gasteiger partial charge on any atom is -0.493 e. The van der Waals surface area contributed by atoms with Gasteiger partial charge in [-0.3, -0.25) is 0 Å². The smallest absolute Gasteiger partial charge is 0.339 e. The second-order valence-electron chi connectivity index (χ2n) is 3.42. The molecule has 0 bridgehead atoms. The van der Waals surface area contributed by atoms with Gasteiger partial charge in [0.15, 0.2) is 11.5 Å². The first kappa shape index (κ1) is 10.8. The average molecular weight is 223 g/mol. The van der Waals surface area contributed by atoms with Crippen LogP contribution in [0, 0.1) is 0 Å². The molecule has 5 nitrogen and oxygen atoms in total. The standard InChI is InChI=1S/C11H13NO4/c1-14-8-3-6-7(4-9(8)15-2)11(13)16-10(6)5-12/h3-4,10H,5,12H2,1-2H3. The van der Waals surface area contributed by atoms with Crippen molar-refractivity contribution >= 4 is 5.97 Å². The van der Waals surface area contributed by atoms with Crippen molar-refractivity contribution in [1.82, 2.24) is 0 Å². The molecule has 0 saturated carbocycles. The normalized spacial score (nSPS) is 17.9. The molecule has 1 aromatic carbocycles. The second kappa shape index (κ2) is 4.02. The van der Waals surface area contributed by atoms with E-state index >= 15 is 0 Å². The molecule has 86 valence electrons. The Kier molecular flexibility index (Phi) is 2.70. The fraction of sp³-hybridized carbons (Fsp3) is 0.364. The monoisotopic (exact) mass is 223 g/mol. The molecule has 2 rings (SSSR count). The number of carbonyl (C=O) groups is 1. The van der Waals surface area contributed by atoms with Gasteiger partial charge in [0.1, 0.15) is 6.10 Å². The van der Waals surface area contributed by atoms with Crippen molar-refractivity contribution in [3.8, 4) is 11.5 Å². The number of carbonyl (C=O) groups excluding carboxylic acids is 1. The van der Waals surface area contributed by atoms with Crippen molar-refractivity contribution in [3.05, 3.63) is 23.3 Å². The van der Waals surface area contributed by atoms with Gasteiger partial charge in [-0.15, -0.1) is 0 Å². The van der Waals surface area contributed by atoms with Gasteiger partial charge in [0.05, 0.1) is 19.8 Å². The van der Waals surface area contributed by atoms with Crippen molar-refractivity contribution in [1.29, 1.82) is 0 Å². The molecule has 1 heterocycles. The Hall–Kier alpha value is -1.75. The number of nitrogens with two attached hydrogens (primary N) is 1. The summed E-state index contributed by atoms with van der Waals surface area (Å²) in [5, 5.41) is 0. The number of hydrogen-bond donors (Lipinski definition) is 1. The zero-order valence-electron chi connectivity index (χ0n) is 9.15. The van der Waals surface area contributed by atoms with E-state index in [0.29, 0.717) is 17.1 Å². The number of fused-ring (bicyclic) bond motifs is 1. The maximum Gasteiger partial charge on any atom is 0.339 e. The Morgan fingerprint density at radius 1 is 1.31 bits per heavy atom. The molecule has 5 heteroatoms. The van der Waals surface area contributed by atoms with Crippen LogP contribution in [-0.4, -0.2) is 26.7 Å². The van der Waals surface area contributed by atoms with Crippen molar-refractivity contribution in [2.45, 2.75) is 6.10 Å². The van der Waals surface area contributed by atoms with Gasteiger partial charge in [-0.05, 0) is 12.1 Å². The van der Waals surface area contributed by atoms with E-state index in [1.165, 1.54) is 7.11 Å². The third-order valence-corrected chi connectivity index (χ3v) is 2.59. The fourth-order valence-electron chi connectivity index (χ4n) is 1.77. The van der Waals surface area contributed by atoms with Gasteiger partial charge in [0, 0.05) is 12.1 Å². The molecule has 1 aliphatic heterocycles. The van der Waals surface area contributed by atoms with E-state index in [1.54, 1.807) is 19.2 Å². The Morgan fingerprint density at radius 3 is 2.50 bits per heavy atom. The number of methoxy groups -OCH3 is 2. The highest BCUT2D eigenvalue weighted by atomic mass is 16.6. The van der Waals surface area contributed by atoms with Gasteiger partial charge < -0.3 is 19.9 Å². The van der Waals surface area contributed by atoms with Gasteiger partial charge in [-0.1, -0.05) is 0 Å². The lowest BCUT2D eigenvalue weighted by Gasteiger charge is -2.10. The molecule has 0 aliphatic carbocycles.